The fraction of sp³-hybridized carbons (Fsp3) is 0.259. The summed E-state index contributed by atoms with van der Waals surface area (Å²) in [4.78, 5) is 24.2. The highest BCUT2D eigenvalue weighted by molar-refractivity contribution is 6.07. The van der Waals surface area contributed by atoms with Gasteiger partial charge < -0.3 is 25.4 Å². The summed E-state index contributed by atoms with van der Waals surface area (Å²) in [7, 11) is 5.64. The van der Waals surface area contributed by atoms with Crippen LogP contribution in [0.4, 0.5) is 11.5 Å². The molecule has 0 atom stereocenters. The number of nitrogens with one attached hydrogen (secondary N) is 1. The molecule has 0 bridgehead atoms. The summed E-state index contributed by atoms with van der Waals surface area (Å²) in [6.45, 7) is 1.40. The molecule has 10 nitrogen and oxygen atoms in total. The zero-order chi connectivity index (χ0) is 25.9. The van der Waals surface area contributed by atoms with E-state index in [2.05, 4.69) is 15.4 Å². The molecule has 10 heteroatoms. The van der Waals surface area contributed by atoms with E-state index in [1.807, 2.05) is 55.5 Å². The number of nitrogen functional groups attached to an aromatic ring is 1. The van der Waals surface area contributed by atoms with Crippen LogP contribution in [-0.4, -0.2) is 64.9 Å². The molecule has 1 aliphatic carbocycles. The first-order valence-corrected chi connectivity index (χ1v) is 12.0. The molecule has 37 heavy (non-hydrogen) atoms. The van der Waals surface area contributed by atoms with Gasteiger partial charge in [0, 0.05) is 30.2 Å². The van der Waals surface area contributed by atoms with E-state index in [0.29, 0.717) is 18.2 Å². The molecule has 0 fully saturated rings. The van der Waals surface area contributed by atoms with Gasteiger partial charge in [0.2, 0.25) is 0 Å². The first-order valence-electron chi connectivity index (χ1n) is 12.0. The first-order chi connectivity index (χ1) is 17.9. The van der Waals surface area contributed by atoms with Crippen molar-refractivity contribution in [3.63, 3.8) is 0 Å². The Balaban J connectivity index is 1.32. The quantitative estimate of drug-likeness (QED) is 0.379. The zero-order valence-electron chi connectivity index (χ0n) is 21.1. The molecule has 2 aromatic heterocycles. The number of amides is 1. The number of fused-ring (bicyclic) bond motifs is 3. The summed E-state index contributed by atoms with van der Waals surface area (Å²) in [5.41, 5.74) is 11.1. The average molecular weight is 500 g/mol. The second kappa shape index (κ2) is 10.3. The molecule has 0 saturated heterocycles. The lowest BCUT2D eigenvalue weighted by Gasteiger charge is -2.19. The van der Waals surface area contributed by atoms with Crippen LogP contribution in [0.15, 0.2) is 54.9 Å². The standard InChI is InChI=1S/C27H29N7O3/c1-33(2)12-13-37-20-8-6-19(7-9-20)30-26(35)23-16-34(32-25(23)28)27-29-15-18-5-4-17-14-21(36-3)10-11-22(17)24(18)31-27/h6-11,14-16H,4-5,12-13H2,1-3H3,(H2,28,32)(H,30,35). The molecule has 4 aromatic rings. The molecule has 5 rings (SSSR count). The topological polar surface area (TPSA) is 120 Å². The van der Waals surface area contributed by atoms with E-state index in [1.54, 1.807) is 25.4 Å². The minimum Gasteiger partial charge on any atom is -0.497 e. The van der Waals surface area contributed by atoms with Crippen molar-refractivity contribution in [2.24, 2.45) is 0 Å². The van der Waals surface area contributed by atoms with Crippen LogP contribution in [-0.2, 0) is 12.8 Å². The molecular weight excluding hydrogens is 470 g/mol. The predicted molar refractivity (Wildman–Crippen MR) is 141 cm³/mol. The monoisotopic (exact) mass is 499 g/mol. The summed E-state index contributed by atoms with van der Waals surface area (Å²) in [5.74, 6) is 1.61. The van der Waals surface area contributed by atoms with Crippen molar-refractivity contribution < 1.29 is 14.3 Å². The molecule has 3 N–H and O–H groups in total. The maximum atomic E-state index is 12.9. The number of hydrogen-bond acceptors (Lipinski definition) is 8. The highest BCUT2D eigenvalue weighted by Crippen LogP contribution is 2.34. The van der Waals surface area contributed by atoms with Crippen molar-refractivity contribution in [2.75, 3.05) is 45.4 Å². The Labute approximate surface area is 215 Å². The number of benzene rings is 2. The maximum absolute atomic E-state index is 12.9. The van der Waals surface area contributed by atoms with Gasteiger partial charge >= 0.3 is 0 Å². The summed E-state index contributed by atoms with van der Waals surface area (Å²) >= 11 is 0. The van der Waals surface area contributed by atoms with Crippen LogP contribution in [0, 0.1) is 0 Å². The number of rotatable bonds is 8. The molecule has 1 amide bonds. The lowest BCUT2D eigenvalue weighted by Crippen LogP contribution is -2.19. The van der Waals surface area contributed by atoms with Gasteiger partial charge in [-0.25, -0.2) is 14.6 Å². The molecule has 190 valence electrons. The summed E-state index contributed by atoms with van der Waals surface area (Å²) < 4.78 is 12.5. The average Bonchev–Trinajstić information content (AvgIpc) is 3.30. The number of ether oxygens (including phenoxy) is 2. The molecule has 0 radical (unpaired) electrons. The van der Waals surface area contributed by atoms with Gasteiger partial charge in [-0.15, -0.1) is 5.10 Å². The van der Waals surface area contributed by atoms with Gasteiger partial charge in [-0.2, -0.15) is 0 Å². The van der Waals surface area contributed by atoms with Gasteiger partial charge in [-0.05, 0) is 80.5 Å². The number of carbonyl (C=O) groups excluding carboxylic acids is 1. The van der Waals surface area contributed by atoms with Crippen LogP contribution >= 0.6 is 0 Å². The summed E-state index contributed by atoms with van der Waals surface area (Å²) in [6, 6.07) is 13.2. The Hall–Kier alpha value is -4.44. The number of nitrogens with two attached hydrogens (primary N) is 1. The summed E-state index contributed by atoms with van der Waals surface area (Å²) in [5, 5.41) is 7.15. The number of aromatic nitrogens is 4. The molecule has 0 spiro atoms. The van der Waals surface area contributed by atoms with Crippen LogP contribution in [0.2, 0.25) is 0 Å². The normalized spacial score (nSPS) is 12.1. The van der Waals surface area contributed by atoms with Crippen LogP contribution in [0.1, 0.15) is 21.5 Å². The Morgan fingerprint density at radius 1 is 1.11 bits per heavy atom. The van der Waals surface area contributed by atoms with Gasteiger partial charge in [0.15, 0.2) is 5.82 Å². The molecule has 2 heterocycles. The van der Waals surface area contributed by atoms with E-state index in [-0.39, 0.29) is 17.3 Å². The fourth-order valence-electron chi connectivity index (χ4n) is 4.17. The van der Waals surface area contributed by atoms with Gasteiger partial charge in [0.1, 0.15) is 23.7 Å². The number of nitrogens with zero attached hydrogens (tertiary/aromatic N) is 5. The molecular formula is C27H29N7O3. The van der Waals surface area contributed by atoms with E-state index in [9.17, 15) is 4.79 Å². The molecule has 0 unspecified atom stereocenters. The highest BCUT2D eigenvalue weighted by Gasteiger charge is 2.21. The van der Waals surface area contributed by atoms with Crippen LogP contribution in [0.3, 0.4) is 0 Å². The number of carbonyl (C=O) groups is 1. The van der Waals surface area contributed by atoms with Gasteiger partial charge in [-0.1, -0.05) is 0 Å². The number of likely N-dealkylation sites (N-methyl/N-ethyl adjacent to an activating group) is 1. The Kier molecular flexibility index (Phi) is 6.74. The first kappa shape index (κ1) is 24.3. The zero-order valence-corrected chi connectivity index (χ0v) is 21.1. The van der Waals surface area contributed by atoms with E-state index in [0.717, 1.165) is 47.7 Å². The lowest BCUT2D eigenvalue weighted by molar-refractivity contribution is 0.102. The SMILES string of the molecule is COc1ccc2c(c1)CCc1cnc(-n3cc(C(=O)Nc4ccc(OCCN(C)C)cc4)c(N)n3)nc1-2. The van der Waals surface area contributed by atoms with E-state index >= 15 is 0 Å². The Morgan fingerprint density at radius 2 is 1.86 bits per heavy atom. The largest absolute Gasteiger partial charge is 0.497 e. The lowest BCUT2D eigenvalue weighted by atomic mass is 9.90. The van der Waals surface area contributed by atoms with Crippen LogP contribution < -0.4 is 20.5 Å². The molecule has 0 aliphatic heterocycles. The Morgan fingerprint density at radius 3 is 2.62 bits per heavy atom. The van der Waals surface area contributed by atoms with Crippen molar-refractivity contribution in [1.29, 1.82) is 0 Å². The summed E-state index contributed by atoms with van der Waals surface area (Å²) in [6.07, 6.45) is 5.09. The van der Waals surface area contributed by atoms with E-state index in [1.165, 1.54) is 10.2 Å². The molecule has 1 aliphatic rings. The van der Waals surface area contributed by atoms with Gasteiger partial charge in [-0.3, -0.25) is 4.79 Å². The fourth-order valence-corrected chi connectivity index (χ4v) is 4.17. The third kappa shape index (κ3) is 5.24. The van der Waals surface area contributed by atoms with Crippen LogP contribution in [0.25, 0.3) is 17.2 Å². The van der Waals surface area contributed by atoms with Crippen molar-refractivity contribution >= 4 is 17.4 Å². The third-order valence-corrected chi connectivity index (χ3v) is 6.19. The number of hydrogen-bond donors (Lipinski definition) is 2. The van der Waals surface area contributed by atoms with Crippen molar-refractivity contribution in [2.45, 2.75) is 12.8 Å². The van der Waals surface area contributed by atoms with E-state index < -0.39 is 0 Å². The van der Waals surface area contributed by atoms with E-state index in [4.69, 9.17) is 20.2 Å². The van der Waals surface area contributed by atoms with Crippen molar-refractivity contribution in [3.05, 3.63) is 71.5 Å². The van der Waals surface area contributed by atoms with Gasteiger partial charge in [0.05, 0.1) is 12.8 Å². The Bertz CT molecular complexity index is 1430. The number of aryl methyl sites for hydroxylation is 2. The highest BCUT2D eigenvalue weighted by atomic mass is 16.5. The molecule has 2 aromatic carbocycles. The van der Waals surface area contributed by atoms with Gasteiger partial charge in [0.25, 0.3) is 11.9 Å². The van der Waals surface area contributed by atoms with Crippen molar-refractivity contribution in [3.8, 4) is 28.7 Å². The number of methoxy groups -OCH3 is 1. The number of anilines is 2. The van der Waals surface area contributed by atoms with Crippen LogP contribution in [0.5, 0.6) is 11.5 Å². The maximum Gasteiger partial charge on any atom is 0.261 e. The predicted octanol–water partition coefficient (Wildman–Crippen LogP) is 3.21. The smallest absolute Gasteiger partial charge is 0.261 e. The second-order valence-electron chi connectivity index (χ2n) is 9.07. The second-order valence-corrected chi connectivity index (χ2v) is 9.07. The minimum atomic E-state index is -0.375. The van der Waals surface area contributed by atoms with Crippen molar-refractivity contribution in [1.82, 2.24) is 24.6 Å². The third-order valence-electron chi connectivity index (χ3n) is 6.19. The minimum absolute atomic E-state index is 0.0904. The molecule has 0 saturated carbocycles.